The summed E-state index contributed by atoms with van der Waals surface area (Å²) >= 11 is 0. The van der Waals surface area contributed by atoms with E-state index in [0.29, 0.717) is 19.4 Å². The Morgan fingerprint density at radius 1 is 1.04 bits per heavy atom. The van der Waals surface area contributed by atoms with Gasteiger partial charge in [-0.05, 0) is 48.1 Å². The fourth-order valence-corrected chi connectivity index (χ4v) is 2.48. The lowest BCUT2D eigenvalue weighted by atomic mass is 9.99. The highest BCUT2D eigenvalue weighted by Gasteiger charge is 2.08. The molecule has 2 aromatic carbocycles. The Labute approximate surface area is 137 Å². The monoisotopic (exact) mass is 312 g/mol. The van der Waals surface area contributed by atoms with Crippen molar-refractivity contribution < 1.29 is 14.6 Å². The molecule has 0 heterocycles. The Balaban J connectivity index is 2.18. The zero-order valence-electron chi connectivity index (χ0n) is 13.6. The van der Waals surface area contributed by atoms with Gasteiger partial charge in [-0.25, -0.2) is 0 Å². The van der Waals surface area contributed by atoms with Crippen LogP contribution in [-0.4, -0.2) is 17.7 Å². The van der Waals surface area contributed by atoms with Crippen molar-refractivity contribution in [3.8, 4) is 16.9 Å². The van der Waals surface area contributed by atoms with Crippen molar-refractivity contribution in [3.63, 3.8) is 0 Å². The average molecular weight is 312 g/mol. The van der Waals surface area contributed by atoms with Gasteiger partial charge < -0.3 is 9.84 Å². The fourth-order valence-electron chi connectivity index (χ4n) is 2.48. The molecule has 3 heteroatoms. The summed E-state index contributed by atoms with van der Waals surface area (Å²) in [6, 6.07) is 16.4. The van der Waals surface area contributed by atoms with Crippen LogP contribution in [-0.2, 0) is 11.2 Å². The number of rotatable bonds is 9. The third-order valence-electron chi connectivity index (χ3n) is 3.76. The molecular formula is C20H24O3. The van der Waals surface area contributed by atoms with Crippen molar-refractivity contribution in [2.24, 2.45) is 0 Å². The fraction of sp³-hybridized carbons (Fsp3) is 0.350. The minimum Gasteiger partial charge on any atom is -0.493 e. The van der Waals surface area contributed by atoms with Crippen LogP contribution < -0.4 is 4.74 Å². The van der Waals surface area contributed by atoms with Gasteiger partial charge in [-0.3, -0.25) is 4.79 Å². The largest absolute Gasteiger partial charge is 0.493 e. The Bertz CT molecular complexity index is 620. The van der Waals surface area contributed by atoms with Crippen LogP contribution in [0.2, 0.25) is 0 Å². The zero-order valence-corrected chi connectivity index (χ0v) is 13.6. The maximum Gasteiger partial charge on any atom is 0.303 e. The molecule has 0 aromatic heterocycles. The van der Waals surface area contributed by atoms with Crippen LogP contribution in [0.5, 0.6) is 5.75 Å². The Hall–Kier alpha value is -2.29. The van der Waals surface area contributed by atoms with Crippen LogP contribution in [0.3, 0.4) is 0 Å². The molecule has 0 saturated carbocycles. The predicted octanol–water partition coefficient (Wildman–Crippen LogP) is 4.94. The maximum absolute atomic E-state index is 10.7. The summed E-state index contributed by atoms with van der Waals surface area (Å²) in [5, 5.41) is 8.84. The van der Waals surface area contributed by atoms with Crippen LogP contribution in [0, 0.1) is 0 Å². The summed E-state index contributed by atoms with van der Waals surface area (Å²) in [6.07, 6.45) is 3.64. The topological polar surface area (TPSA) is 46.5 Å². The van der Waals surface area contributed by atoms with Crippen LogP contribution in [0.4, 0.5) is 0 Å². The molecule has 0 aliphatic rings. The van der Waals surface area contributed by atoms with E-state index in [9.17, 15) is 4.79 Å². The molecule has 0 atom stereocenters. The van der Waals surface area contributed by atoms with E-state index in [0.717, 1.165) is 35.3 Å². The summed E-state index contributed by atoms with van der Waals surface area (Å²) in [5.41, 5.74) is 3.38. The van der Waals surface area contributed by atoms with E-state index in [1.165, 1.54) is 0 Å². The van der Waals surface area contributed by atoms with Gasteiger partial charge in [0.15, 0.2) is 0 Å². The van der Waals surface area contributed by atoms with Gasteiger partial charge in [-0.1, -0.05) is 49.7 Å². The third-order valence-corrected chi connectivity index (χ3v) is 3.76. The quantitative estimate of drug-likeness (QED) is 0.667. The number of unbranched alkanes of at least 4 members (excludes halogenated alkanes) is 1. The molecule has 2 rings (SSSR count). The second kappa shape index (κ2) is 8.99. The predicted molar refractivity (Wildman–Crippen MR) is 92.9 cm³/mol. The first-order valence-corrected chi connectivity index (χ1v) is 8.23. The number of aryl methyl sites for hydroxylation is 1. The molecule has 0 bridgehead atoms. The normalized spacial score (nSPS) is 10.5. The lowest BCUT2D eigenvalue weighted by Gasteiger charge is -2.13. The number of carboxylic acids is 1. The Morgan fingerprint density at radius 2 is 1.83 bits per heavy atom. The molecule has 0 amide bonds. The average Bonchev–Trinajstić information content (AvgIpc) is 2.56. The van der Waals surface area contributed by atoms with Crippen molar-refractivity contribution in [3.05, 3.63) is 54.1 Å². The lowest BCUT2D eigenvalue weighted by molar-refractivity contribution is -0.137. The first-order valence-electron chi connectivity index (χ1n) is 8.23. The molecule has 0 unspecified atom stereocenters. The van der Waals surface area contributed by atoms with Crippen molar-refractivity contribution in [2.45, 2.75) is 39.0 Å². The zero-order chi connectivity index (χ0) is 16.5. The van der Waals surface area contributed by atoms with E-state index in [2.05, 4.69) is 31.2 Å². The van der Waals surface area contributed by atoms with Crippen LogP contribution in [0.25, 0.3) is 11.1 Å². The first kappa shape index (κ1) is 17.1. The number of aliphatic carboxylic acids is 1. The summed E-state index contributed by atoms with van der Waals surface area (Å²) < 4.78 is 5.88. The number of hydrogen-bond donors (Lipinski definition) is 1. The molecular weight excluding hydrogens is 288 g/mol. The van der Waals surface area contributed by atoms with Gasteiger partial charge >= 0.3 is 5.97 Å². The minimum atomic E-state index is -0.752. The van der Waals surface area contributed by atoms with E-state index < -0.39 is 5.97 Å². The van der Waals surface area contributed by atoms with Gasteiger partial charge in [-0.2, -0.15) is 0 Å². The standard InChI is InChI=1S/C20H24O3/c1-2-3-14-23-19-13-12-17(16-8-5-4-6-9-16)15-18(19)10-7-11-20(21)22/h4-6,8-9,12-13,15H,2-3,7,10-11,14H2,1H3,(H,21,22). The van der Waals surface area contributed by atoms with Gasteiger partial charge in [0.05, 0.1) is 6.61 Å². The summed E-state index contributed by atoms with van der Waals surface area (Å²) in [7, 11) is 0. The molecule has 3 nitrogen and oxygen atoms in total. The lowest BCUT2D eigenvalue weighted by Crippen LogP contribution is -2.02. The second-order valence-electron chi connectivity index (χ2n) is 5.64. The van der Waals surface area contributed by atoms with Crippen molar-refractivity contribution in [2.75, 3.05) is 6.61 Å². The van der Waals surface area contributed by atoms with Crippen molar-refractivity contribution >= 4 is 5.97 Å². The summed E-state index contributed by atoms with van der Waals surface area (Å²) in [5.74, 6) is 0.126. The first-order chi connectivity index (χ1) is 11.2. The molecule has 0 radical (unpaired) electrons. The van der Waals surface area contributed by atoms with E-state index in [4.69, 9.17) is 9.84 Å². The molecule has 23 heavy (non-hydrogen) atoms. The number of hydrogen-bond acceptors (Lipinski definition) is 2. The molecule has 0 aliphatic heterocycles. The van der Waals surface area contributed by atoms with Gasteiger partial charge in [0.2, 0.25) is 0 Å². The summed E-state index contributed by atoms with van der Waals surface area (Å²) in [6.45, 7) is 2.84. The SMILES string of the molecule is CCCCOc1ccc(-c2ccccc2)cc1CCCC(=O)O. The van der Waals surface area contributed by atoms with Gasteiger partial charge in [-0.15, -0.1) is 0 Å². The molecule has 1 N–H and O–H groups in total. The highest BCUT2D eigenvalue weighted by molar-refractivity contribution is 5.67. The Kier molecular flexibility index (Phi) is 6.67. The van der Waals surface area contributed by atoms with Crippen LogP contribution >= 0.6 is 0 Å². The van der Waals surface area contributed by atoms with Crippen LogP contribution in [0.15, 0.2) is 48.5 Å². The van der Waals surface area contributed by atoms with Crippen LogP contribution in [0.1, 0.15) is 38.2 Å². The smallest absolute Gasteiger partial charge is 0.303 e. The second-order valence-corrected chi connectivity index (χ2v) is 5.64. The molecule has 0 spiro atoms. The molecule has 0 saturated heterocycles. The van der Waals surface area contributed by atoms with Gasteiger partial charge in [0.25, 0.3) is 0 Å². The van der Waals surface area contributed by atoms with E-state index in [-0.39, 0.29) is 6.42 Å². The molecule has 2 aromatic rings. The number of carbonyl (C=O) groups is 1. The van der Waals surface area contributed by atoms with E-state index >= 15 is 0 Å². The number of benzene rings is 2. The minimum absolute atomic E-state index is 0.184. The Morgan fingerprint density at radius 3 is 2.52 bits per heavy atom. The number of carboxylic acid groups (broad SMARTS) is 1. The molecule has 0 fully saturated rings. The maximum atomic E-state index is 10.7. The highest BCUT2D eigenvalue weighted by Crippen LogP contribution is 2.28. The van der Waals surface area contributed by atoms with Crippen molar-refractivity contribution in [1.29, 1.82) is 0 Å². The van der Waals surface area contributed by atoms with Crippen molar-refractivity contribution in [1.82, 2.24) is 0 Å². The van der Waals surface area contributed by atoms with E-state index in [1.807, 2.05) is 24.3 Å². The highest BCUT2D eigenvalue weighted by atomic mass is 16.5. The molecule has 122 valence electrons. The van der Waals surface area contributed by atoms with Gasteiger partial charge in [0.1, 0.15) is 5.75 Å². The van der Waals surface area contributed by atoms with E-state index in [1.54, 1.807) is 0 Å². The molecule has 0 aliphatic carbocycles. The number of ether oxygens (including phenoxy) is 1. The summed E-state index contributed by atoms with van der Waals surface area (Å²) in [4.78, 5) is 10.7. The third kappa shape index (κ3) is 5.44. The van der Waals surface area contributed by atoms with Gasteiger partial charge in [0, 0.05) is 6.42 Å².